The van der Waals surface area contributed by atoms with Crippen LogP contribution in [0.5, 0.6) is 0 Å². The van der Waals surface area contributed by atoms with E-state index in [4.69, 9.17) is 0 Å². The van der Waals surface area contributed by atoms with Crippen molar-refractivity contribution >= 4 is 0 Å². The van der Waals surface area contributed by atoms with E-state index in [1.54, 1.807) is 0 Å². The van der Waals surface area contributed by atoms with Crippen LogP contribution in [0.15, 0.2) is 30.9 Å². The number of halogens is 2. The number of hydrogen-bond acceptors (Lipinski definition) is 3. The Balaban J connectivity index is 2.33. The van der Waals surface area contributed by atoms with Gasteiger partial charge in [0.05, 0.1) is 6.54 Å². The normalized spacial score (nSPS) is 14.6. The van der Waals surface area contributed by atoms with Gasteiger partial charge >= 0.3 is 0 Å². The van der Waals surface area contributed by atoms with Crippen molar-refractivity contribution in [3.63, 3.8) is 0 Å². The zero-order chi connectivity index (χ0) is 12.5. The van der Waals surface area contributed by atoms with Gasteiger partial charge in [0.15, 0.2) is 0 Å². The van der Waals surface area contributed by atoms with Gasteiger partial charge in [-0.15, -0.1) is 0 Å². The number of aromatic nitrogens is 3. The SMILES string of the molecule is C[C@](O)(Cn1cncn1)c1cc(F)ccc1F. The third-order valence-electron chi connectivity index (χ3n) is 2.45. The first kappa shape index (κ1) is 11.7. The Morgan fingerprint density at radius 3 is 2.82 bits per heavy atom. The van der Waals surface area contributed by atoms with Gasteiger partial charge in [0, 0.05) is 5.56 Å². The molecule has 0 aliphatic carbocycles. The summed E-state index contributed by atoms with van der Waals surface area (Å²) >= 11 is 0. The molecule has 2 aromatic rings. The van der Waals surface area contributed by atoms with Crippen LogP contribution in [0.3, 0.4) is 0 Å². The van der Waals surface area contributed by atoms with Crippen molar-refractivity contribution in [2.75, 3.05) is 0 Å². The highest BCUT2D eigenvalue weighted by atomic mass is 19.1. The molecule has 1 heterocycles. The second kappa shape index (κ2) is 4.21. The van der Waals surface area contributed by atoms with Crippen molar-refractivity contribution in [2.45, 2.75) is 19.1 Å². The van der Waals surface area contributed by atoms with E-state index in [1.165, 1.54) is 24.3 Å². The molecule has 4 nitrogen and oxygen atoms in total. The van der Waals surface area contributed by atoms with E-state index < -0.39 is 17.2 Å². The van der Waals surface area contributed by atoms with Gasteiger partial charge in [-0.3, -0.25) is 0 Å². The van der Waals surface area contributed by atoms with Crippen LogP contribution in [0.1, 0.15) is 12.5 Å². The highest BCUT2D eigenvalue weighted by Crippen LogP contribution is 2.25. The summed E-state index contributed by atoms with van der Waals surface area (Å²) in [6, 6.07) is 2.97. The standard InChI is InChI=1S/C11H11F2N3O/c1-11(17,5-16-7-14-6-15-16)9-4-8(12)2-3-10(9)13/h2-4,6-7,17H,5H2,1H3/t11-/m0/s1. The van der Waals surface area contributed by atoms with Crippen molar-refractivity contribution in [3.05, 3.63) is 48.1 Å². The molecule has 1 atom stereocenters. The maximum atomic E-state index is 13.5. The number of rotatable bonds is 3. The monoisotopic (exact) mass is 239 g/mol. The van der Waals surface area contributed by atoms with Gasteiger partial charge in [0.25, 0.3) is 0 Å². The Kier molecular flexibility index (Phi) is 2.89. The highest BCUT2D eigenvalue weighted by molar-refractivity contribution is 5.24. The lowest BCUT2D eigenvalue weighted by Gasteiger charge is -2.24. The van der Waals surface area contributed by atoms with Crippen LogP contribution >= 0.6 is 0 Å². The summed E-state index contributed by atoms with van der Waals surface area (Å²) in [4.78, 5) is 3.71. The molecule has 1 aromatic heterocycles. The van der Waals surface area contributed by atoms with Crippen LogP contribution in [-0.4, -0.2) is 19.9 Å². The van der Waals surface area contributed by atoms with Crippen LogP contribution in [0.25, 0.3) is 0 Å². The summed E-state index contributed by atoms with van der Waals surface area (Å²) in [6.45, 7) is 1.39. The summed E-state index contributed by atoms with van der Waals surface area (Å²) < 4.78 is 27.9. The van der Waals surface area contributed by atoms with E-state index in [2.05, 4.69) is 10.1 Å². The van der Waals surface area contributed by atoms with Crippen molar-refractivity contribution in [2.24, 2.45) is 0 Å². The molecular weight excluding hydrogens is 228 g/mol. The molecule has 17 heavy (non-hydrogen) atoms. The first-order valence-corrected chi connectivity index (χ1v) is 4.99. The van der Waals surface area contributed by atoms with Crippen LogP contribution in [0.2, 0.25) is 0 Å². The Bertz CT molecular complexity index is 511. The summed E-state index contributed by atoms with van der Waals surface area (Å²) in [5.74, 6) is -1.25. The zero-order valence-electron chi connectivity index (χ0n) is 9.14. The second-order valence-electron chi connectivity index (χ2n) is 3.99. The molecule has 0 unspecified atom stereocenters. The number of hydrogen-bond donors (Lipinski definition) is 1. The fourth-order valence-electron chi connectivity index (χ4n) is 1.63. The number of nitrogens with zero attached hydrogens (tertiary/aromatic N) is 3. The lowest BCUT2D eigenvalue weighted by atomic mass is 9.95. The number of benzene rings is 1. The largest absolute Gasteiger partial charge is 0.383 e. The molecular formula is C11H11F2N3O. The smallest absolute Gasteiger partial charge is 0.137 e. The van der Waals surface area contributed by atoms with E-state index in [0.717, 1.165) is 18.2 Å². The van der Waals surface area contributed by atoms with Gasteiger partial charge in [-0.2, -0.15) is 5.10 Å². The van der Waals surface area contributed by atoms with Crippen LogP contribution in [0.4, 0.5) is 8.78 Å². The van der Waals surface area contributed by atoms with Crippen molar-refractivity contribution in [3.8, 4) is 0 Å². The Hall–Kier alpha value is -1.82. The molecule has 90 valence electrons. The predicted molar refractivity (Wildman–Crippen MR) is 56.0 cm³/mol. The Labute approximate surface area is 96.5 Å². The van der Waals surface area contributed by atoms with Crippen molar-refractivity contribution in [1.82, 2.24) is 14.8 Å². The summed E-state index contributed by atoms with van der Waals surface area (Å²) in [6.07, 6.45) is 2.70. The summed E-state index contributed by atoms with van der Waals surface area (Å²) in [5, 5.41) is 14.0. The third kappa shape index (κ3) is 2.47. The van der Waals surface area contributed by atoms with Crippen LogP contribution < -0.4 is 0 Å². The fraction of sp³-hybridized carbons (Fsp3) is 0.273. The number of aliphatic hydroxyl groups is 1. The van der Waals surface area contributed by atoms with E-state index in [0.29, 0.717) is 0 Å². The molecule has 0 aliphatic heterocycles. The van der Waals surface area contributed by atoms with Gasteiger partial charge in [-0.1, -0.05) is 0 Å². The van der Waals surface area contributed by atoms with Gasteiger partial charge in [0.2, 0.25) is 0 Å². The summed E-state index contributed by atoms with van der Waals surface area (Å²) in [7, 11) is 0. The van der Waals surface area contributed by atoms with Crippen LogP contribution in [-0.2, 0) is 12.1 Å². The molecule has 0 aliphatic rings. The lowest BCUT2D eigenvalue weighted by molar-refractivity contribution is 0.0307. The topological polar surface area (TPSA) is 50.9 Å². The molecule has 0 amide bonds. The Morgan fingerprint density at radius 2 is 2.18 bits per heavy atom. The molecule has 2 rings (SSSR count). The van der Waals surface area contributed by atoms with Crippen LogP contribution in [0, 0.1) is 11.6 Å². The molecule has 1 aromatic carbocycles. The minimum Gasteiger partial charge on any atom is -0.383 e. The van der Waals surface area contributed by atoms with E-state index in [-0.39, 0.29) is 12.1 Å². The zero-order valence-corrected chi connectivity index (χ0v) is 9.14. The maximum Gasteiger partial charge on any atom is 0.137 e. The molecule has 0 fully saturated rings. The van der Waals surface area contributed by atoms with E-state index in [1.807, 2.05) is 0 Å². The quantitative estimate of drug-likeness (QED) is 0.882. The molecule has 6 heteroatoms. The molecule has 0 saturated heterocycles. The van der Waals surface area contributed by atoms with Crippen molar-refractivity contribution < 1.29 is 13.9 Å². The summed E-state index contributed by atoms with van der Waals surface area (Å²) in [5.41, 5.74) is -1.66. The molecule has 1 N–H and O–H groups in total. The minimum absolute atomic E-state index is 0.00657. The van der Waals surface area contributed by atoms with Gasteiger partial charge in [-0.05, 0) is 25.1 Å². The average molecular weight is 239 g/mol. The molecule has 0 radical (unpaired) electrons. The predicted octanol–water partition coefficient (Wildman–Crippen LogP) is 1.46. The van der Waals surface area contributed by atoms with Crippen molar-refractivity contribution in [1.29, 1.82) is 0 Å². The average Bonchev–Trinajstić information content (AvgIpc) is 2.73. The first-order chi connectivity index (χ1) is 7.99. The molecule has 0 saturated carbocycles. The first-order valence-electron chi connectivity index (χ1n) is 4.99. The lowest BCUT2D eigenvalue weighted by Crippen LogP contribution is -2.29. The van der Waals surface area contributed by atoms with Gasteiger partial charge in [-0.25, -0.2) is 18.4 Å². The second-order valence-corrected chi connectivity index (χ2v) is 3.99. The third-order valence-corrected chi connectivity index (χ3v) is 2.45. The molecule has 0 bridgehead atoms. The van der Waals surface area contributed by atoms with Gasteiger partial charge < -0.3 is 5.11 Å². The minimum atomic E-state index is -1.56. The maximum absolute atomic E-state index is 13.5. The van der Waals surface area contributed by atoms with E-state index in [9.17, 15) is 13.9 Å². The van der Waals surface area contributed by atoms with Gasteiger partial charge in [0.1, 0.15) is 29.9 Å². The highest BCUT2D eigenvalue weighted by Gasteiger charge is 2.28. The van der Waals surface area contributed by atoms with E-state index >= 15 is 0 Å². The fourth-order valence-corrected chi connectivity index (χ4v) is 1.63. The Morgan fingerprint density at radius 1 is 1.41 bits per heavy atom. The molecule has 0 spiro atoms.